The van der Waals surface area contributed by atoms with Crippen LogP contribution in [0, 0.1) is 11.6 Å². The molecule has 0 saturated heterocycles. The first-order chi connectivity index (χ1) is 11.7. The van der Waals surface area contributed by atoms with E-state index in [9.17, 15) is 22.0 Å². The van der Waals surface area contributed by atoms with Crippen LogP contribution in [0.4, 0.5) is 14.5 Å². The van der Waals surface area contributed by atoms with Crippen LogP contribution in [-0.2, 0) is 21.4 Å². The SMILES string of the molecule is C[C@@H](C(=O)NCc1ccc(F)cc1)N(c1cccc(F)c1)S(C)(=O)=O. The minimum atomic E-state index is -3.81. The fourth-order valence-electron chi connectivity index (χ4n) is 2.36. The minimum Gasteiger partial charge on any atom is -0.350 e. The molecule has 1 amide bonds. The van der Waals surface area contributed by atoms with Gasteiger partial charge in [-0.3, -0.25) is 9.10 Å². The third-order valence-electron chi connectivity index (χ3n) is 3.53. The molecule has 2 rings (SSSR count). The Kier molecular flexibility index (Phi) is 5.73. The van der Waals surface area contributed by atoms with Crippen molar-refractivity contribution in [3.05, 3.63) is 65.7 Å². The second kappa shape index (κ2) is 7.60. The molecule has 0 unspecified atom stereocenters. The molecule has 2 aromatic carbocycles. The number of hydrogen-bond donors (Lipinski definition) is 1. The Hall–Kier alpha value is -2.48. The van der Waals surface area contributed by atoms with Crippen molar-refractivity contribution >= 4 is 21.6 Å². The summed E-state index contributed by atoms with van der Waals surface area (Å²) in [6.45, 7) is 1.52. The number of nitrogens with zero attached hydrogens (tertiary/aromatic N) is 1. The number of carbonyl (C=O) groups is 1. The quantitative estimate of drug-likeness (QED) is 0.852. The predicted molar refractivity (Wildman–Crippen MR) is 91.4 cm³/mol. The average molecular weight is 368 g/mol. The molecule has 0 heterocycles. The highest BCUT2D eigenvalue weighted by Gasteiger charge is 2.29. The highest BCUT2D eigenvalue weighted by molar-refractivity contribution is 7.92. The number of benzene rings is 2. The lowest BCUT2D eigenvalue weighted by Gasteiger charge is -2.28. The van der Waals surface area contributed by atoms with Crippen LogP contribution in [0.3, 0.4) is 0 Å². The molecule has 2 aromatic rings. The molecule has 0 aliphatic rings. The van der Waals surface area contributed by atoms with E-state index in [1.54, 1.807) is 0 Å². The first kappa shape index (κ1) is 18.9. The molecule has 134 valence electrons. The molecule has 0 aliphatic carbocycles. The van der Waals surface area contributed by atoms with Gasteiger partial charge in [-0.25, -0.2) is 17.2 Å². The molecule has 1 atom stereocenters. The van der Waals surface area contributed by atoms with Crippen molar-refractivity contribution in [1.82, 2.24) is 5.32 Å². The second-order valence-corrected chi connectivity index (χ2v) is 7.42. The van der Waals surface area contributed by atoms with Crippen LogP contribution >= 0.6 is 0 Å². The molecule has 0 radical (unpaired) electrons. The van der Waals surface area contributed by atoms with Gasteiger partial charge in [-0.15, -0.1) is 0 Å². The lowest BCUT2D eigenvalue weighted by Crippen LogP contribution is -2.47. The van der Waals surface area contributed by atoms with Gasteiger partial charge in [0.1, 0.15) is 17.7 Å². The molecule has 0 spiro atoms. The Morgan fingerprint density at radius 1 is 1.12 bits per heavy atom. The van der Waals surface area contributed by atoms with Gasteiger partial charge in [0.05, 0.1) is 11.9 Å². The number of sulfonamides is 1. The predicted octanol–water partition coefficient (Wildman–Crippen LogP) is 2.44. The van der Waals surface area contributed by atoms with E-state index in [1.807, 2.05) is 0 Å². The van der Waals surface area contributed by atoms with Crippen molar-refractivity contribution in [2.75, 3.05) is 10.6 Å². The van der Waals surface area contributed by atoms with Gasteiger partial charge >= 0.3 is 0 Å². The number of rotatable bonds is 6. The van der Waals surface area contributed by atoms with Crippen molar-refractivity contribution in [1.29, 1.82) is 0 Å². The maximum atomic E-state index is 13.4. The lowest BCUT2D eigenvalue weighted by atomic mass is 10.2. The first-order valence-electron chi connectivity index (χ1n) is 7.45. The molecule has 0 fully saturated rings. The van der Waals surface area contributed by atoms with Crippen LogP contribution in [0.1, 0.15) is 12.5 Å². The summed E-state index contributed by atoms with van der Waals surface area (Å²) in [6, 6.07) is 9.48. The summed E-state index contributed by atoms with van der Waals surface area (Å²) in [6.07, 6.45) is 0.946. The highest BCUT2D eigenvalue weighted by Crippen LogP contribution is 2.21. The summed E-state index contributed by atoms with van der Waals surface area (Å²) < 4.78 is 51.3. The number of amides is 1. The molecular formula is C17H18F2N2O3S. The van der Waals surface area contributed by atoms with E-state index in [4.69, 9.17) is 0 Å². The monoisotopic (exact) mass is 368 g/mol. The fourth-order valence-corrected chi connectivity index (χ4v) is 3.53. The van der Waals surface area contributed by atoms with Gasteiger partial charge in [0.2, 0.25) is 15.9 Å². The summed E-state index contributed by atoms with van der Waals surface area (Å²) in [7, 11) is -3.81. The Morgan fingerprint density at radius 2 is 1.76 bits per heavy atom. The largest absolute Gasteiger partial charge is 0.350 e. The van der Waals surface area contributed by atoms with E-state index in [0.717, 1.165) is 16.6 Å². The van der Waals surface area contributed by atoms with Crippen LogP contribution < -0.4 is 9.62 Å². The number of carbonyl (C=O) groups excluding carboxylic acids is 1. The maximum absolute atomic E-state index is 13.4. The van der Waals surface area contributed by atoms with E-state index < -0.39 is 33.6 Å². The summed E-state index contributed by atoms with van der Waals surface area (Å²) in [5, 5.41) is 2.59. The van der Waals surface area contributed by atoms with Crippen molar-refractivity contribution in [2.45, 2.75) is 19.5 Å². The van der Waals surface area contributed by atoms with Crippen molar-refractivity contribution < 1.29 is 22.0 Å². The topological polar surface area (TPSA) is 66.5 Å². The zero-order chi connectivity index (χ0) is 18.6. The van der Waals surface area contributed by atoms with Crippen LogP contribution in [-0.4, -0.2) is 26.6 Å². The van der Waals surface area contributed by atoms with E-state index in [1.165, 1.54) is 49.4 Å². The Balaban J connectivity index is 2.17. The summed E-state index contributed by atoms with van der Waals surface area (Å²) >= 11 is 0. The number of anilines is 1. The van der Waals surface area contributed by atoms with Crippen molar-refractivity contribution in [3.8, 4) is 0 Å². The van der Waals surface area contributed by atoms with E-state index in [2.05, 4.69) is 5.32 Å². The van der Waals surface area contributed by atoms with Gasteiger partial charge < -0.3 is 5.32 Å². The summed E-state index contributed by atoms with van der Waals surface area (Å²) in [4.78, 5) is 12.3. The van der Waals surface area contributed by atoms with Gasteiger partial charge in [-0.2, -0.15) is 0 Å². The smallest absolute Gasteiger partial charge is 0.243 e. The molecule has 0 aliphatic heterocycles. The van der Waals surface area contributed by atoms with Crippen LogP contribution in [0.2, 0.25) is 0 Å². The van der Waals surface area contributed by atoms with Gasteiger partial charge in [-0.05, 0) is 42.8 Å². The van der Waals surface area contributed by atoms with E-state index in [0.29, 0.717) is 5.56 Å². The molecule has 0 bridgehead atoms. The van der Waals surface area contributed by atoms with Crippen LogP contribution in [0.25, 0.3) is 0 Å². The van der Waals surface area contributed by atoms with Crippen LogP contribution in [0.5, 0.6) is 0 Å². The Labute approximate surface area is 145 Å². The number of hydrogen-bond acceptors (Lipinski definition) is 3. The molecule has 1 N–H and O–H groups in total. The van der Waals surface area contributed by atoms with Crippen LogP contribution in [0.15, 0.2) is 48.5 Å². The Bertz CT molecular complexity index is 854. The normalized spacial score (nSPS) is 12.5. The first-order valence-corrected chi connectivity index (χ1v) is 9.30. The fraction of sp³-hybridized carbons (Fsp3) is 0.235. The average Bonchev–Trinajstić information content (AvgIpc) is 2.53. The highest BCUT2D eigenvalue weighted by atomic mass is 32.2. The molecule has 8 heteroatoms. The molecule has 5 nitrogen and oxygen atoms in total. The summed E-state index contributed by atoms with van der Waals surface area (Å²) in [5.74, 6) is -1.55. The second-order valence-electron chi connectivity index (χ2n) is 5.56. The van der Waals surface area contributed by atoms with Gasteiger partial charge in [0.25, 0.3) is 0 Å². The lowest BCUT2D eigenvalue weighted by molar-refractivity contribution is -0.122. The molecule has 25 heavy (non-hydrogen) atoms. The van der Waals surface area contributed by atoms with E-state index >= 15 is 0 Å². The molecule has 0 saturated carbocycles. The third kappa shape index (κ3) is 4.99. The minimum absolute atomic E-state index is 0.0620. The molecular weight excluding hydrogens is 350 g/mol. The maximum Gasteiger partial charge on any atom is 0.243 e. The molecule has 0 aromatic heterocycles. The van der Waals surface area contributed by atoms with Gasteiger partial charge in [0.15, 0.2) is 0 Å². The third-order valence-corrected chi connectivity index (χ3v) is 4.77. The van der Waals surface area contributed by atoms with Crippen molar-refractivity contribution in [2.24, 2.45) is 0 Å². The van der Waals surface area contributed by atoms with Crippen molar-refractivity contribution in [3.63, 3.8) is 0 Å². The number of nitrogens with one attached hydrogen (secondary N) is 1. The Morgan fingerprint density at radius 3 is 2.32 bits per heavy atom. The zero-order valence-corrected chi connectivity index (χ0v) is 14.6. The van der Waals surface area contributed by atoms with E-state index in [-0.39, 0.29) is 12.2 Å². The zero-order valence-electron chi connectivity index (χ0n) is 13.7. The number of halogens is 2. The summed E-state index contributed by atoms with van der Waals surface area (Å²) in [5.41, 5.74) is 0.727. The van der Waals surface area contributed by atoms with Gasteiger partial charge in [-0.1, -0.05) is 18.2 Å². The van der Waals surface area contributed by atoms with Gasteiger partial charge in [0, 0.05) is 6.54 Å². The standard InChI is InChI=1S/C17H18F2N2O3S/c1-12(17(22)20-11-13-6-8-14(18)9-7-13)21(25(2,23)24)16-5-3-4-15(19)10-16/h3-10,12H,11H2,1-2H3,(H,20,22)/t12-/m0/s1.